The number of nitrogens with zero attached hydrogens (tertiary/aromatic N) is 2. The maximum absolute atomic E-state index is 12.4. The highest BCUT2D eigenvalue weighted by Crippen LogP contribution is 2.49. The van der Waals surface area contributed by atoms with Crippen molar-refractivity contribution in [1.29, 1.82) is 0 Å². The van der Waals surface area contributed by atoms with Crippen LogP contribution in [0.2, 0.25) is 0 Å². The Labute approximate surface area is 112 Å². The minimum Gasteiger partial charge on any atom is -0.322 e. The Morgan fingerprint density at radius 2 is 2.21 bits per heavy atom. The van der Waals surface area contributed by atoms with Gasteiger partial charge < -0.3 is 5.32 Å². The quantitative estimate of drug-likeness (QED) is 0.915. The normalized spacial score (nSPS) is 16.5. The molecule has 1 aliphatic rings. The van der Waals surface area contributed by atoms with Gasteiger partial charge in [-0.15, -0.1) is 0 Å². The van der Waals surface area contributed by atoms with Gasteiger partial charge in [-0.1, -0.05) is 19.9 Å². The van der Waals surface area contributed by atoms with Gasteiger partial charge in [-0.2, -0.15) is 5.10 Å². The van der Waals surface area contributed by atoms with Gasteiger partial charge >= 0.3 is 0 Å². The molecule has 1 saturated carbocycles. The number of fused-ring (bicyclic) bond motifs is 1. The fourth-order valence-electron chi connectivity index (χ4n) is 2.57. The summed E-state index contributed by atoms with van der Waals surface area (Å²) >= 11 is 0. The summed E-state index contributed by atoms with van der Waals surface area (Å²) < 4.78 is 1.83. The summed E-state index contributed by atoms with van der Waals surface area (Å²) in [6.07, 6.45) is 5.67. The molecule has 1 fully saturated rings. The Morgan fingerprint density at radius 1 is 1.42 bits per heavy atom. The number of aryl methyl sites for hydroxylation is 1. The first-order valence-electron chi connectivity index (χ1n) is 6.98. The maximum Gasteiger partial charge on any atom is 0.230 e. The van der Waals surface area contributed by atoms with E-state index in [0.29, 0.717) is 0 Å². The summed E-state index contributed by atoms with van der Waals surface area (Å²) in [6.45, 7) is 4.15. The SMILES string of the molecule is CCc1nn2ccccc2c1NC(=O)C1(CC)CC1. The molecule has 1 N–H and O–H groups in total. The van der Waals surface area contributed by atoms with Crippen LogP contribution in [0.15, 0.2) is 24.4 Å². The second kappa shape index (κ2) is 4.37. The van der Waals surface area contributed by atoms with Crippen LogP contribution in [0.3, 0.4) is 0 Å². The number of aromatic nitrogens is 2. The number of rotatable bonds is 4. The number of hydrogen-bond donors (Lipinski definition) is 1. The average Bonchev–Trinajstić information content (AvgIpc) is 3.17. The van der Waals surface area contributed by atoms with Crippen molar-refractivity contribution in [2.45, 2.75) is 39.5 Å². The lowest BCUT2D eigenvalue weighted by atomic mass is 10.0. The molecule has 2 heterocycles. The molecule has 0 unspecified atom stereocenters. The molecule has 2 aromatic heterocycles. The van der Waals surface area contributed by atoms with Gasteiger partial charge in [0.25, 0.3) is 0 Å². The zero-order valence-corrected chi connectivity index (χ0v) is 11.4. The van der Waals surface area contributed by atoms with E-state index in [2.05, 4.69) is 24.3 Å². The van der Waals surface area contributed by atoms with E-state index in [0.717, 1.165) is 42.6 Å². The number of hydrogen-bond acceptors (Lipinski definition) is 2. The van der Waals surface area contributed by atoms with Crippen LogP contribution in [-0.4, -0.2) is 15.5 Å². The summed E-state index contributed by atoms with van der Waals surface area (Å²) in [6, 6.07) is 5.91. The van der Waals surface area contributed by atoms with Crippen LogP contribution in [0.1, 0.15) is 38.8 Å². The van der Waals surface area contributed by atoms with E-state index in [9.17, 15) is 4.79 Å². The predicted octanol–water partition coefficient (Wildman–Crippen LogP) is 3.03. The molecule has 1 aliphatic carbocycles. The van der Waals surface area contributed by atoms with Crippen molar-refractivity contribution in [3.8, 4) is 0 Å². The molecule has 0 aliphatic heterocycles. The molecule has 4 nitrogen and oxygen atoms in total. The summed E-state index contributed by atoms with van der Waals surface area (Å²) in [5, 5.41) is 7.63. The second-order valence-corrected chi connectivity index (χ2v) is 5.29. The lowest BCUT2D eigenvalue weighted by molar-refractivity contribution is -0.121. The van der Waals surface area contributed by atoms with Gasteiger partial charge in [0.05, 0.1) is 16.9 Å². The average molecular weight is 257 g/mol. The highest BCUT2D eigenvalue weighted by Gasteiger charge is 2.48. The Morgan fingerprint density at radius 3 is 2.84 bits per heavy atom. The minimum atomic E-state index is -0.117. The lowest BCUT2D eigenvalue weighted by Gasteiger charge is -2.12. The molecule has 2 aromatic rings. The molecular weight excluding hydrogens is 238 g/mol. The number of carbonyl (C=O) groups is 1. The molecule has 0 radical (unpaired) electrons. The van der Waals surface area contributed by atoms with E-state index in [1.165, 1.54) is 0 Å². The largest absolute Gasteiger partial charge is 0.322 e. The van der Waals surface area contributed by atoms with E-state index in [1.54, 1.807) is 0 Å². The van der Waals surface area contributed by atoms with Gasteiger partial charge in [0.1, 0.15) is 0 Å². The van der Waals surface area contributed by atoms with Gasteiger partial charge in [0.2, 0.25) is 5.91 Å². The van der Waals surface area contributed by atoms with Crippen molar-refractivity contribution in [3.63, 3.8) is 0 Å². The molecule has 0 atom stereocenters. The molecule has 0 spiro atoms. The topological polar surface area (TPSA) is 46.4 Å². The van der Waals surface area contributed by atoms with Gasteiger partial charge in [-0.3, -0.25) is 4.79 Å². The lowest BCUT2D eigenvalue weighted by Crippen LogP contribution is -2.23. The van der Waals surface area contributed by atoms with Crippen molar-refractivity contribution in [2.24, 2.45) is 5.41 Å². The highest BCUT2D eigenvalue weighted by molar-refractivity contribution is 6.00. The van der Waals surface area contributed by atoms with Gasteiger partial charge in [-0.25, -0.2) is 4.52 Å². The van der Waals surface area contributed by atoms with Crippen LogP contribution in [0.25, 0.3) is 5.52 Å². The Bertz CT molecular complexity index is 625. The number of amides is 1. The van der Waals surface area contributed by atoms with Gasteiger partial charge in [0, 0.05) is 11.6 Å². The first-order valence-corrected chi connectivity index (χ1v) is 6.98. The van der Waals surface area contributed by atoms with Crippen molar-refractivity contribution in [1.82, 2.24) is 9.61 Å². The van der Waals surface area contributed by atoms with Crippen LogP contribution >= 0.6 is 0 Å². The van der Waals surface area contributed by atoms with Crippen LogP contribution in [0.4, 0.5) is 5.69 Å². The molecule has 0 saturated heterocycles. The van der Waals surface area contributed by atoms with Crippen LogP contribution in [0.5, 0.6) is 0 Å². The number of pyridine rings is 1. The number of carbonyl (C=O) groups excluding carboxylic acids is 1. The molecule has 19 heavy (non-hydrogen) atoms. The number of nitrogens with one attached hydrogen (secondary N) is 1. The van der Waals surface area contributed by atoms with E-state index in [4.69, 9.17) is 0 Å². The first-order chi connectivity index (χ1) is 9.20. The molecule has 1 amide bonds. The second-order valence-electron chi connectivity index (χ2n) is 5.29. The summed E-state index contributed by atoms with van der Waals surface area (Å²) in [5.74, 6) is 0.156. The molecule has 4 heteroatoms. The van der Waals surface area contributed by atoms with E-state index in [1.807, 2.05) is 28.9 Å². The fourth-order valence-corrected chi connectivity index (χ4v) is 2.57. The van der Waals surface area contributed by atoms with E-state index in [-0.39, 0.29) is 11.3 Å². The molecule has 100 valence electrons. The summed E-state index contributed by atoms with van der Waals surface area (Å²) in [7, 11) is 0. The van der Waals surface area contributed by atoms with Crippen molar-refractivity contribution < 1.29 is 4.79 Å². The van der Waals surface area contributed by atoms with E-state index < -0.39 is 0 Å². The Hall–Kier alpha value is -1.84. The first kappa shape index (κ1) is 12.2. The molecule has 0 aromatic carbocycles. The minimum absolute atomic E-state index is 0.117. The van der Waals surface area contributed by atoms with Crippen molar-refractivity contribution >= 4 is 17.1 Å². The predicted molar refractivity (Wildman–Crippen MR) is 75.2 cm³/mol. The molecule has 0 bridgehead atoms. The third kappa shape index (κ3) is 1.91. The molecular formula is C15H19N3O. The summed E-state index contributed by atoms with van der Waals surface area (Å²) in [5.41, 5.74) is 2.69. The van der Waals surface area contributed by atoms with Crippen LogP contribution < -0.4 is 5.32 Å². The zero-order valence-electron chi connectivity index (χ0n) is 11.4. The Balaban J connectivity index is 1.98. The van der Waals surface area contributed by atoms with Gasteiger partial charge in [0.15, 0.2) is 0 Å². The Kier molecular flexibility index (Phi) is 2.81. The third-order valence-corrected chi connectivity index (χ3v) is 4.20. The van der Waals surface area contributed by atoms with Crippen LogP contribution in [-0.2, 0) is 11.2 Å². The van der Waals surface area contributed by atoms with Crippen LogP contribution in [0, 0.1) is 5.41 Å². The maximum atomic E-state index is 12.4. The highest BCUT2D eigenvalue weighted by atomic mass is 16.2. The number of anilines is 1. The third-order valence-electron chi connectivity index (χ3n) is 4.20. The smallest absolute Gasteiger partial charge is 0.230 e. The van der Waals surface area contributed by atoms with Crippen molar-refractivity contribution in [2.75, 3.05) is 5.32 Å². The van der Waals surface area contributed by atoms with E-state index >= 15 is 0 Å². The van der Waals surface area contributed by atoms with Crippen molar-refractivity contribution in [3.05, 3.63) is 30.1 Å². The van der Waals surface area contributed by atoms with Gasteiger partial charge in [-0.05, 0) is 37.8 Å². The standard InChI is InChI=1S/C15H19N3O/c1-3-11-13(12-7-5-6-10-18(12)17-11)16-14(19)15(4-2)8-9-15/h5-7,10H,3-4,8-9H2,1-2H3,(H,16,19). The fraction of sp³-hybridized carbons (Fsp3) is 0.467. The monoisotopic (exact) mass is 257 g/mol. The zero-order chi connectivity index (χ0) is 13.5. The summed E-state index contributed by atoms with van der Waals surface area (Å²) in [4.78, 5) is 12.4. The molecule has 3 rings (SSSR count).